The number of aryl methyl sites for hydroxylation is 2. The maximum Gasteiger partial charge on any atom is 0.157 e. The summed E-state index contributed by atoms with van der Waals surface area (Å²) in [6.45, 7) is 9.99. The molecule has 0 unspecified atom stereocenters. The van der Waals surface area contributed by atoms with Crippen LogP contribution in [0.3, 0.4) is 0 Å². The van der Waals surface area contributed by atoms with Crippen LogP contribution in [0, 0.1) is 6.92 Å². The Morgan fingerprint density at radius 1 is 1.14 bits per heavy atom. The lowest BCUT2D eigenvalue weighted by atomic mass is 10.2. The molecule has 0 N–H and O–H groups in total. The quantitative estimate of drug-likeness (QED) is 0.694. The van der Waals surface area contributed by atoms with E-state index in [1.165, 1.54) is 0 Å². The standard InChI is InChI=1S/C13H13N3O2.2C2H6/c1-8-12-11(4-10(17-3)6-14-12)18-13(8)9-5-15-16(2)7-9;2*1-2/h4-7H,1-3H3;2*1-2H3. The number of furan rings is 1. The van der Waals surface area contributed by atoms with Crippen molar-refractivity contribution in [3.63, 3.8) is 0 Å². The van der Waals surface area contributed by atoms with E-state index in [0.717, 1.165) is 28.0 Å². The number of pyridine rings is 1. The second-order valence-electron chi connectivity index (χ2n) is 4.18. The van der Waals surface area contributed by atoms with Crippen LogP contribution in [0.1, 0.15) is 33.3 Å². The van der Waals surface area contributed by atoms with E-state index in [-0.39, 0.29) is 0 Å². The molecule has 0 bridgehead atoms. The highest BCUT2D eigenvalue weighted by molar-refractivity contribution is 5.84. The van der Waals surface area contributed by atoms with Crippen LogP contribution >= 0.6 is 0 Å². The molecule has 3 aromatic heterocycles. The maximum atomic E-state index is 5.84. The van der Waals surface area contributed by atoms with Gasteiger partial charge in [0.1, 0.15) is 17.0 Å². The number of fused-ring (bicyclic) bond motifs is 1. The Morgan fingerprint density at radius 3 is 2.36 bits per heavy atom. The summed E-state index contributed by atoms with van der Waals surface area (Å²) in [5, 5.41) is 4.15. The van der Waals surface area contributed by atoms with E-state index in [9.17, 15) is 0 Å². The van der Waals surface area contributed by atoms with Crippen molar-refractivity contribution < 1.29 is 9.15 Å². The van der Waals surface area contributed by atoms with E-state index in [2.05, 4.69) is 10.1 Å². The highest BCUT2D eigenvalue weighted by atomic mass is 16.5. The average Bonchev–Trinajstić information content (AvgIpc) is 3.14. The van der Waals surface area contributed by atoms with Crippen LogP contribution in [0.15, 0.2) is 29.1 Å². The van der Waals surface area contributed by atoms with Gasteiger partial charge in [0, 0.05) is 24.9 Å². The Labute approximate surface area is 131 Å². The van der Waals surface area contributed by atoms with Crippen LogP contribution in [0.25, 0.3) is 22.4 Å². The molecule has 22 heavy (non-hydrogen) atoms. The molecule has 0 aliphatic carbocycles. The lowest BCUT2D eigenvalue weighted by Gasteiger charge is -1.96. The first kappa shape index (κ1) is 17.8. The van der Waals surface area contributed by atoms with Crippen LogP contribution < -0.4 is 4.74 Å². The molecule has 0 saturated carbocycles. The third-order valence-corrected chi connectivity index (χ3v) is 2.94. The number of nitrogens with zero attached hydrogens (tertiary/aromatic N) is 3. The topological polar surface area (TPSA) is 53.1 Å². The van der Waals surface area contributed by atoms with Gasteiger partial charge in [-0.15, -0.1) is 0 Å². The molecule has 0 fully saturated rings. The second kappa shape index (κ2) is 8.22. The van der Waals surface area contributed by atoms with Crippen molar-refractivity contribution in [1.29, 1.82) is 0 Å². The molecule has 5 heteroatoms. The largest absolute Gasteiger partial charge is 0.495 e. The van der Waals surface area contributed by atoms with Crippen molar-refractivity contribution >= 4 is 11.1 Å². The van der Waals surface area contributed by atoms with Crippen LogP contribution in [-0.4, -0.2) is 21.9 Å². The molecule has 0 radical (unpaired) electrons. The zero-order chi connectivity index (χ0) is 16.7. The normalized spacial score (nSPS) is 9.59. The average molecular weight is 303 g/mol. The molecule has 3 rings (SSSR count). The number of rotatable bonds is 2. The van der Waals surface area contributed by atoms with Crippen molar-refractivity contribution in [2.24, 2.45) is 7.05 Å². The second-order valence-corrected chi connectivity index (χ2v) is 4.18. The highest BCUT2D eigenvalue weighted by Crippen LogP contribution is 2.32. The van der Waals surface area contributed by atoms with E-state index in [4.69, 9.17) is 9.15 Å². The van der Waals surface area contributed by atoms with E-state index >= 15 is 0 Å². The number of hydrogen-bond donors (Lipinski definition) is 0. The van der Waals surface area contributed by atoms with Crippen molar-refractivity contribution in [2.75, 3.05) is 7.11 Å². The van der Waals surface area contributed by atoms with Gasteiger partial charge >= 0.3 is 0 Å². The fourth-order valence-electron chi connectivity index (χ4n) is 2.01. The Bertz CT molecular complexity index is 714. The summed E-state index contributed by atoms with van der Waals surface area (Å²) in [6.07, 6.45) is 5.39. The smallest absolute Gasteiger partial charge is 0.157 e. The Balaban J connectivity index is 0.000000561. The first-order valence-corrected chi connectivity index (χ1v) is 7.61. The Hall–Kier alpha value is -2.30. The maximum absolute atomic E-state index is 5.84. The number of ether oxygens (including phenoxy) is 1. The molecule has 0 saturated heterocycles. The van der Waals surface area contributed by atoms with Crippen molar-refractivity contribution in [3.05, 3.63) is 30.2 Å². The third kappa shape index (κ3) is 3.47. The summed E-state index contributed by atoms with van der Waals surface area (Å²) in [7, 11) is 3.49. The lowest BCUT2D eigenvalue weighted by molar-refractivity contribution is 0.413. The number of aromatic nitrogens is 3. The molecule has 0 atom stereocenters. The van der Waals surface area contributed by atoms with Gasteiger partial charge in [-0.25, -0.2) is 4.98 Å². The van der Waals surface area contributed by atoms with Crippen LogP contribution in [-0.2, 0) is 7.05 Å². The summed E-state index contributed by atoms with van der Waals surface area (Å²) < 4.78 is 12.7. The van der Waals surface area contributed by atoms with Gasteiger partial charge in [0.15, 0.2) is 5.58 Å². The molecule has 0 amide bonds. The van der Waals surface area contributed by atoms with Crippen LogP contribution in [0.5, 0.6) is 5.75 Å². The van der Waals surface area contributed by atoms with Crippen LogP contribution in [0.4, 0.5) is 0 Å². The predicted molar refractivity (Wildman–Crippen MR) is 90.2 cm³/mol. The molecule has 0 aliphatic heterocycles. The molecule has 0 aliphatic rings. The van der Waals surface area contributed by atoms with Gasteiger partial charge in [-0.3, -0.25) is 4.68 Å². The molecule has 0 spiro atoms. The zero-order valence-electron chi connectivity index (χ0n) is 14.5. The molecular weight excluding hydrogens is 278 g/mol. The number of hydrogen-bond acceptors (Lipinski definition) is 4. The van der Waals surface area contributed by atoms with E-state index in [1.54, 1.807) is 24.2 Å². The minimum Gasteiger partial charge on any atom is -0.495 e. The van der Waals surface area contributed by atoms with Gasteiger partial charge in [-0.2, -0.15) is 5.10 Å². The SMILES string of the molecule is CC.CC.COc1cnc2c(C)c(-c3cnn(C)c3)oc2c1. The summed E-state index contributed by atoms with van der Waals surface area (Å²) in [5.41, 5.74) is 3.55. The van der Waals surface area contributed by atoms with Gasteiger partial charge in [-0.1, -0.05) is 27.7 Å². The Morgan fingerprint density at radius 2 is 1.82 bits per heavy atom. The highest BCUT2D eigenvalue weighted by Gasteiger charge is 2.15. The fraction of sp³-hybridized carbons (Fsp3) is 0.412. The van der Waals surface area contributed by atoms with E-state index in [1.807, 2.05) is 53.9 Å². The molecule has 3 heterocycles. The van der Waals surface area contributed by atoms with Crippen LogP contribution in [0.2, 0.25) is 0 Å². The van der Waals surface area contributed by atoms with E-state index in [0.29, 0.717) is 5.75 Å². The van der Waals surface area contributed by atoms with Gasteiger partial charge in [0.2, 0.25) is 0 Å². The lowest BCUT2D eigenvalue weighted by Crippen LogP contribution is -1.84. The van der Waals surface area contributed by atoms with Crippen molar-refractivity contribution in [1.82, 2.24) is 14.8 Å². The summed E-state index contributed by atoms with van der Waals surface area (Å²) in [6, 6.07) is 1.84. The first-order valence-electron chi connectivity index (χ1n) is 7.61. The minimum atomic E-state index is 0.689. The Kier molecular flexibility index (Phi) is 6.63. The number of methoxy groups -OCH3 is 1. The fourth-order valence-corrected chi connectivity index (χ4v) is 2.01. The summed E-state index contributed by atoms with van der Waals surface area (Å²) in [5.74, 6) is 1.49. The monoisotopic (exact) mass is 303 g/mol. The van der Waals surface area contributed by atoms with Gasteiger partial charge < -0.3 is 9.15 Å². The van der Waals surface area contributed by atoms with E-state index < -0.39 is 0 Å². The minimum absolute atomic E-state index is 0.689. The molecule has 120 valence electrons. The van der Waals surface area contributed by atoms with Gasteiger partial charge in [0.05, 0.1) is 25.1 Å². The summed E-state index contributed by atoms with van der Waals surface area (Å²) in [4.78, 5) is 4.36. The molecule has 0 aromatic carbocycles. The molecule has 5 nitrogen and oxygen atoms in total. The predicted octanol–water partition coefficient (Wildman–Crippen LogP) is 4.60. The molecular formula is C17H25N3O2. The zero-order valence-corrected chi connectivity index (χ0v) is 14.5. The first-order chi connectivity index (χ1) is 10.7. The third-order valence-electron chi connectivity index (χ3n) is 2.94. The van der Waals surface area contributed by atoms with Gasteiger partial charge in [-0.05, 0) is 6.92 Å². The summed E-state index contributed by atoms with van der Waals surface area (Å²) >= 11 is 0. The van der Waals surface area contributed by atoms with Crippen molar-refractivity contribution in [3.8, 4) is 17.1 Å². The van der Waals surface area contributed by atoms with Gasteiger partial charge in [0.25, 0.3) is 0 Å². The van der Waals surface area contributed by atoms with Crippen molar-refractivity contribution in [2.45, 2.75) is 34.6 Å². The molecule has 3 aromatic rings.